The largest absolute Gasteiger partial charge is 0.462 e. The van der Waals surface area contributed by atoms with Gasteiger partial charge in [0, 0.05) is 64.1 Å². The van der Waals surface area contributed by atoms with Gasteiger partial charge < -0.3 is 77.1 Å². The van der Waals surface area contributed by atoms with E-state index in [0.717, 1.165) is 0 Å². The molecule has 0 radical (unpaired) electrons. The van der Waals surface area contributed by atoms with Crippen molar-refractivity contribution in [2.45, 2.75) is 213 Å². The minimum Gasteiger partial charge on any atom is -0.462 e. The zero-order chi connectivity index (χ0) is 54.6. The summed E-state index contributed by atoms with van der Waals surface area (Å²) in [4.78, 5) is 67.9. The third-order valence-corrected chi connectivity index (χ3v) is 14.5. The molecule has 0 aliphatic carbocycles. The Morgan fingerprint density at radius 3 is 2.14 bits per heavy atom. The Balaban J connectivity index is 1.66. The number of allylic oxidation sites excluding steroid dienone is 3. The Hall–Kier alpha value is -3.25. The number of aliphatic hydroxyl groups excluding tert-OH is 2. The quantitative estimate of drug-likeness (QED) is 0.105. The fraction of sp³-hybridized carbons (Fsp3) is 0.830. The van der Waals surface area contributed by atoms with E-state index in [9.17, 15) is 39.3 Å². The molecule has 3 saturated heterocycles. The molecule has 0 aromatic rings. The minimum absolute atomic E-state index is 0.0378. The third kappa shape index (κ3) is 16.9. The lowest BCUT2D eigenvalue weighted by molar-refractivity contribution is -0.378. The van der Waals surface area contributed by atoms with Gasteiger partial charge in [0.15, 0.2) is 30.8 Å². The predicted molar refractivity (Wildman–Crippen MR) is 263 cm³/mol. The van der Waals surface area contributed by atoms with E-state index in [1.807, 2.05) is 33.8 Å². The zero-order valence-electron chi connectivity index (χ0n) is 45.7. The molecule has 0 spiro atoms. The predicted octanol–water partition coefficient (Wildman–Crippen LogP) is 4.21. The number of likely N-dealkylation sites (N-methyl/N-ethyl adjacent to an activating group) is 1. The highest BCUT2D eigenvalue weighted by atomic mass is 16.8. The summed E-state index contributed by atoms with van der Waals surface area (Å²) in [5, 5.41) is 34.4. The summed E-state index contributed by atoms with van der Waals surface area (Å²) in [5.74, 6) is -7.16. The lowest BCUT2D eigenvalue weighted by Gasteiger charge is -2.50. The van der Waals surface area contributed by atoms with Crippen molar-refractivity contribution in [1.29, 1.82) is 0 Å². The van der Waals surface area contributed by atoms with Gasteiger partial charge in [0.25, 0.3) is 0 Å². The van der Waals surface area contributed by atoms with Crippen molar-refractivity contribution in [3.05, 3.63) is 23.8 Å². The Morgan fingerprint density at radius 2 is 1.56 bits per heavy atom. The molecule has 0 bridgehead atoms. The van der Waals surface area contributed by atoms with Crippen LogP contribution in [0.5, 0.6) is 0 Å². The number of aldehydes is 1. The van der Waals surface area contributed by atoms with Crippen LogP contribution in [0.4, 0.5) is 0 Å². The summed E-state index contributed by atoms with van der Waals surface area (Å²) in [5.41, 5.74) is 0.663. The van der Waals surface area contributed by atoms with Crippen LogP contribution < -0.4 is 0 Å². The van der Waals surface area contributed by atoms with Gasteiger partial charge in [-0.05, 0) is 72.5 Å². The molecule has 4 rings (SSSR count). The van der Waals surface area contributed by atoms with Crippen molar-refractivity contribution in [3.8, 4) is 0 Å². The van der Waals surface area contributed by atoms with E-state index < -0.39 is 146 Å². The molecule has 0 aromatic carbocycles. The van der Waals surface area contributed by atoms with E-state index >= 15 is 0 Å². The third-order valence-electron chi connectivity index (χ3n) is 14.5. The zero-order valence-corrected chi connectivity index (χ0v) is 45.7. The molecule has 0 saturated carbocycles. The monoisotopic (exact) mass is 1040 g/mol. The van der Waals surface area contributed by atoms with Gasteiger partial charge in [0.2, 0.25) is 5.79 Å². The minimum atomic E-state index is -1.90. The molecule has 4 aliphatic heterocycles. The highest BCUT2D eigenvalue weighted by Gasteiger charge is 2.53. The molecule has 4 aliphatic rings. The summed E-state index contributed by atoms with van der Waals surface area (Å²) in [7, 11) is 6.41. The van der Waals surface area contributed by atoms with Crippen LogP contribution in [0.3, 0.4) is 0 Å². The van der Waals surface area contributed by atoms with E-state index in [1.54, 1.807) is 59.7 Å². The van der Waals surface area contributed by atoms with Gasteiger partial charge in [-0.2, -0.15) is 0 Å². The van der Waals surface area contributed by atoms with Gasteiger partial charge in [-0.3, -0.25) is 19.2 Å². The molecule has 0 amide bonds. The smallest absolute Gasteiger partial charge is 0.309 e. The van der Waals surface area contributed by atoms with Crippen LogP contribution in [0.1, 0.15) is 115 Å². The number of nitrogens with zero attached hydrogens (tertiary/aromatic N) is 1. The summed E-state index contributed by atoms with van der Waals surface area (Å²) in [6.07, 6.45) is -7.61. The molecule has 418 valence electrons. The second-order valence-electron chi connectivity index (χ2n) is 21.4. The first-order chi connectivity index (χ1) is 34.3. The number of hydrogen-bond donors (Lipinski definition) is 3. The van der Waals surface area contributed by atoms with E-state index in [0.29, 0.717) is 18.3 Å². The van der Waals surface area contributed by atoms with Gasteiger partial charge in [0.1, 0.15) is 49.0 Å². The highest BCUT2D eigenvalue weighted by molar-refractivity contribution is 5.91. The molecule has 4 heterocycles. The topological polar surface area (TPSA) is 251 Å². The van der Waals surface area contributed by atoms with Gasteiger partial charge in [-0.15, -0.1) is 0 Å². The van der Waals surface area contributed by atoms with Gasteiger partial charge in [-0.25, -0.2) is 0 Å². The van der Waals surface area contributed by atoms with E-state index in [-0.39, 0.29) is 49.9 Å². The number of carbonyl (C=O) groups is 5. The Morgan fingerprint density at radius 1 is 0.904 bits per heavy atom. The maximum atomic E-state index is 14.2. The molecule has 3 N–H and O–H groups in total. The molecule has 20 nitrogen and oxygen atoms in total. The van der Waals surface area contributed by atoms with Gasteiger partial charge in [0.05, 0.1) is 37.4 Å². The van der Waals surface area contributed by atoms with Crippen molar-refractivity contribution in [3.63, 3.8) is 0 Å². The maximum absolute atomic E-state index is 14.2. The SMILES string of the molecule is CC[C@H]1OC(=O)C[C@@H](OC(C)=O)[C@H](C)[C@@H](O[C@@H]2O[C@H](C)[C@@H](O[C@@H]3C[C@@H](C)[C@H](OC(=O)CC(C)C)[C@](C)(O)O3)[C@H](N(C)C)[C@H]2O)[C@@H](CC=O)C[C@@H](C)C(=O)/C=C\C(C)=C/[C@@H]1CO[C@@H]1O[C@H](C)[C@@H](O)[C@@H](OC)[C@H]1OC. The standard InChI is InChI=1S/C53H87NO19/c1-16-38-36(26-65-52-49(64-15)48(63-14)44(60)32(8)66-52)22-28(4)17-18-37(57)29(5)23-35(19-20-55)46(31(7)39(68-34(10)56)25-41(59)69-38)72-51-45(61)43(54(12)13)47(33(9)67-51)71-42-24-30(6)50(53(11,62)73-42)70-40(58)21-27(2)3/h17-18,20,22,27,29-33,35-36,38-39,42-52,60-62H,16,19,21,23-26H2,1-15H3/b18-17-,28-22-/t29-,30-,31+,32-,33-,35+,36-,38-,39-,42+,43-,44-,45-,46-,47-,48-,49-,50+,51+,52-,53-/m1/s1. The van der Waals surface area contributed by atoms with Crippen molar-refractivity contribution in [1.82, 2.24) is 4.90 Å². The van der Waals surface area contributed by atoms with Crippen LogP contribution in [0, 0.1) is 35.5 Å². The van der Waals surface area contributed by atoms with Crippen molar-refractivity contribution < 1.29 is 91.4 Å². The summed E-state index contributed by atoms with van der Waals surface area (Å²) in [6, 6.07) is -0.809. The normalized spacial score (nSPS) is 41.6. The van der Waals surface area contributed by atoms with E-state index in [1.165, 1.54) is 34.1 Å². The van der Waals surface area contributed by atoms with Crippen LogP contribution in [-0.2, 0) is 76.1 Å². The molecular formula is C53H87NO19. The molecule has 0 aromatic heterocycles. The number of cyclic esters (lactones) is 1. The Bertz CT molecular complexity index is 1860. The summed E-state index contributed by atoms with van der Waals surface area (Å²) >= 11 is 0. The first-order valence-corrected chi connectivity index (χ1v) is 25.9. The van der Waals surface area contributed by atoms with Crippen molar-refractivity contribution in [2.24, 2.45) is 35.5 Å². The van der Waals surface area contributed by atoms with Gasteiger partial charge in [-0.1, -0.05) is 59.3 Å². The average Bonchev–Trinajstić information content (AvgIpc) is 3.29. The number of ether oxygens (including phenoxy) is 11. The fourth-order valence-corrected chi connectivity index (χ4v) is 10.6. The fourth-order valence-electron chi connectivity index (χ4n) is 10.6. The second-order valence-corrected chi connectivity index (χ2v) is 21.4. The molecule has 21 atom stereocenters. The molecule has 73 heavy (non-hydrogen) atoms. The van der Waals surface area contributed by atoms with Crippen LogP contribution in [0.15, 0.2) is 23.8 Å². The lowest BCUT2D eigenvalue weighted by Crippen LogP contribution is -2.65. The Kier molecular flexibility index (Phi) is 24.1. The summed E-state index contributed by atoms with van der Waals surface area (Å²) < 4.78 is 67.1. The number of esters is 3. The number of methoxy groups -OCH3 is 2. The second kappa shape index (κ2) is 28.2. The first-order valence-electron chi connectivity index (χ1n) is 25.9. The number of carbonyl (C=O) groups excluding carboxylic acids is 5. The molecule has 20 heteroatoms. The van der Waals surface area contributed by atoms with Crippen LogP contribution >= 0.6 is 0 Å². The number of ketones is 1. The first kappa shape index (κ1) is 62.3. The van der Waals surface area contributed by atoms with Gasteiger partial charge >= 0.3 is 17.9 Å². The van der Waals surface area contributed by atoms with Crippen molar-refractivity contribution >= 4 is 30.0 Å². The molecule has 0 unspecified atom stereocenters. The highest BCUT2D eigenvalue weighted by Crippen LogP contribution is 2.39. The number of hydrogen-bond acceptors (Lipinski definition) is 20. The average molecular weight is 1040 g/mol. The van der Waals surface area contributed by atoms with E-state index in [2.05, 4.69) is 0 Å². The van der Waals surface area contributed by atoms with Crippen LogP contribution in [-0.4, -0.2) is 183 Å². The van der Waals surface area contributed by atoms with Crippen molar-refractivity contribution in [2.75, 3.05) is 34.9 Å². The number of aliphatic hydroxyl groups is 3. The summed E-state index contributed by atoms with van der Waals surface area (Å²) in [6.45, 7) is 18.7. The molecule has 3 fully saturated rings. The Labute approximate surface area is 432 Å². The lowest BCUT2D eigenvalue weighted by atomic mass is 9.79. The maximum Gasteiger partial charge on any atom is 0.309 e. The van der Waals surface area contributed by atoms with E-state index in [4.69, 9.17) is 52.1 Å². The number of rotatable bonds is 17. The van der Waals surface area contributed by atoms with Crippen LogP contribution in [0.25, 0.3) is 0 Å². The van der Waals surface area contributed by atoms with Crippen LogP contribution in [0.2, 0.25) is 0 Å². The molecular weight excluding hydrogens is 955 g/mol.